The molecule has 0 spiro atoms. The third kappa shape index (κ3) is 4.75. The standard InChI is InChI=1S/C16H28N4/c1-13(2)11-17-12-15-6-7-16(19-18-15)20-9-4-5-14(3)8-10-20/h6-7,13-14,17H,4-5,8-12H2,1-3H3. The predicted octanol–water partition coefficient (Wildman–Crippen LogP) is 2.85. The van der Waals surface area contributed by atoms with Crippen molar-refractivity contribution < 1.29 is 0 Å². The van der Waals surface area contributed by atoms with Crippen LogP contribution in [0, 0.1) is 11.8 Å². The predicted molar refractivity (Wildman–Crippen MR) is 83.8 cm³/mol. The summed E-state index contributed by atoms with van der Waals surface area (Å²) in [6, 6.07) is 4.22. The van der Waals surface area contributed by atoms with Gasteiger partial charge in [0.25, 0.3) is 0 Å². The normalized spacial score (nSPS) is 20.2. The first-order valence-corrected chi connectivity index (χ1v) is 7.93. The van der Waals surface area contributed by atoms with Crippen molar-refractivity contribution in [3.63, 3.8) is 0 Å². The Morgan fingerprint density at radius 3 is 2.80 bits per heavy atom. The van der Waals surface area contributed by atoms with E-state index < -0.39 is 0 Å². The van der Waals surface area contributed by atoms with E-state index in [1.54, 1.807) is 0 Å². The van der Waals surface area contributed by atoms with Gasteiger partial charge in [-0.05, 0) is 49.8 Å². The number of hydrogen-bond acceptors (Lipinski definition) is 4. The minimum Gasteiger partial charge on any atom is -0.355 e. The van der Waals surface area contributed by atoms with Crippen LogP contribution in [0.2, 0.25) is 0 Å². The van der Waals surface area contributed by atoms with E-state index in [-0.39, 0.29) is 0 Å². The van der Waals surface area contributed by atoms with Gasteiger partial charge in [-0.2, -0.15) is 5.10 Å². The number of rotatable bonds is 5. The maximum atomic E-state index is 4.40. The topological polar surface area (TPSA) is 41.0 Å². The van der Waals surface area contributed by atoms with Gasteiger partial charge in [0, 0.05) is 19.6 Å². The zero-order valence-electron chi connectivity index (χ0n) is 13.1. The lowest BCUT2D eigenvalue weighted by Gasteiger charge is -2.21. The second kappa shape index (κ2) is 7.58. The monoisotopic (exact) mass is 276 g/mol. The molecule has 0 saturated carbocycles. The summed E-state index contributed by atoms with van der Waals surface area (Å²) < 4.78 is 0. The van der Waals surface area contributed by atoms with E-state index in [1.165, 1.54) is 19.3 Å². The van der Waals surface area contributed by atoms with Gasteiger partial charge in [-0.25, -0.2) is 0 Å². The van der Waals surface area contributed by atoms with E-state index in [2.05, 4.69) is 53.3 Å². The second-order valence-corrected chi connectivity index (χ2v) is 6.43. The Kier molecular flexibility index (Phi) is 5.77. The summed E-state index contributed by atoms with van der Waals surface area (Å²) in [4.78, 5) is 2.38. The third-order valence-electron chi connectivity index (χ3n) is 3.91. The lowest BCUT2D eigenvalue weighted by atomic mass is 10.0. The molecule has 112 valence electrons. The minimum absolute atomic E-state index is 0.668. The third-order valence-corrected chi connectivity index (χ3v) is 3.91. The number of anilines is 1. The lowest BCUT2D eigenvalue weighted by Crippen LogP contribution is -2.26. The molecule has 1 aromatic heterocycles. The Balaban J connectivity index is 1.87. The summed E-state index contributed by atoms with van der Waals surface area (Å²) in [7, 11) is 0. The van der Waals surface area contributed by atoms with E-state index in [9.17, 15) is 0 Å². The summed E-state index contributed by atoms with van der Waals surface area (Å²) in [5.74, 6) is 2.54. The minimum atomic E-state index is 0.668. The Labute approximate surface area is 123 Å². The van der Waals surface area contributed by atoms with Crippen LogP contribution in [-0.4, -0.2) is 29.8 Å². The lowest BCUT2D eigenvalue weighted by molar-refractivity contribution is 0.521. The fourth-order valence-electron chi connectivity index (χ4n) is 2.60. The van der Waals surface area contributed by atoms with Gasteiger partial charge in [-0.3, -0.25) is 0 Å². The van der Waals surface area contributed by atoms with Crippen LogP contribution in [0.3, 0.4) is 0 Å². The zero-order valence-corrected chi connectivity index (χ0v) is 13.1. The Morgan fingerprint density at radius 1 is 1.25 bits per heavy atom. The van der Waals surface area contributed by atoms with Crippen molar-refractivity contribution >= 4 is 5.82 Å². The molecule has 2 rings (SSSR count). The van der Waals surface area contributed by atoms with E-state index >= 15 is 0 Å². The van der Waals surface area contributed by atoms with Gasteiger partial charge in [-0.1, -0.05) is 20.8 Å². The quantitative estimate of drug-likeness (QED) is 0.898. The van der Waals surface area contributed by atoms with Crippen LogP contribution in [0.1, 0.15) is 45.7 Å². The molecule has 1 N–H and O–H groups in total. The summed E-state index contributed by atoms with van der Waals surface area (Å²) in [6.07, 6.45) is 3.86. The maximum absolute atomic E-state index is 4.40. The molecule has 4 heteroatoms. The molecular weight excluding hydrogens is 248 g/mol. The second-order valence-electron chi connectivity index (χ2n) is 6.43. The van der Waals surface area contributed by atoms with Crippen molar-refractivity contribution in [2.75, 3.05) is 24.5 Å². The van der Waals surface area contributed by atoms with Gasteiger partial charge < -0.3 is 10.2 Å². The molecule has 1 saturated heterocycles. The molecule has 0 amide bonds. The highest BCUT2D eigenvalue weighted by molar-refractivity contribution is 5.37. The Hall–Kier alpha value is -1.16. The maximum Gasteiger partial charge on any atom is 0.151 e. The molecule has 1 aromatic rings. The van der Waals surface area contributed by atoms with Crippen LogP contribution in [0.5, 0.6) is 0 Å². The van der Waals surface area contributed by atoms with Crippen LogP contribution < -0.4 is 10.2 Å². The van der Waals surface area contributed by atoms with Gasteiger partial charge in [-0.15, -0.1) is 5.10 Å². The molecule has 1 atom stereocenters. The first-order valence-electron chi connectivity index (χ1n) is 7.93. The van der Waals surface area contributed by atoms with Crippen molar-refractivity contribution in [2.24, 2.45) is 11.8 Å². The summed E-state index contributed by atoms with van der Waals surface area (Å²) in [5, 5.41) is 12.1. The number of aromatic nitrogens is 2. The number of hydrogen-bond donors (Lipinski definition) is 1. The van der Waals surface area contributed by atoms with Gasteiger partial charge in [0.2, 0.25) is 0 Å². The van der Waals surface area contributed by atoms with Crippen molar-refractivity contribution in [1.82, 2.24) is 15.5 Å². The fourth-order valence-corrected chi connectivity index (χ4v) is 2.60. The van der Waals surface area contributed by atoms with Crippen LogP contribution in [-0.2, 0) is 6.54 Å². The highest BCUT2D eigenvalue weighted by Crippen LogP contribution is 2.20. The summed E-state index contributed by atoms with van der Waals surface area (Å²) in [5.41, 5.74) is 1.03. The van der Waals surface area contributed by atoms with Crippen molar-refractivity contribution in [3.05, 3.63) is 17.8 Å². The van der Waals surface area contributed by atoms with Gasteiger partial charge >= 0.3 is 0 Å². The van der Waals surface area contributed by atoms with Gasteiger partial charge in [0.15, 0.2) is 5.82 Å². The first kappa shape index (κ1) is 15.2. The average molecular weight is 276 g/mol. The van der Waals surface area contributed by atoms with E-state index in [1.807, 2.05) is 0 Å². The highest BCUT2D eigenvalue weighted by Gasteiger charge is 2.15. The number of nitrogens with zero attached hydrogens (tertiary/aromatic N) is 3. The molecule has 1 aliphatic rings. The van der Waals surface area contributed by atoms with Crippen LogP contribution >= 0.6 is 0 Å². The van der Waals surface area contributed by atoms with E-state index in [0.29, 0.717) is 5.92 Å². The highest BCUT2D eigenvalue weighted by atomic mass is 15.3. The van der Waals surface area contributed by atoms with E-state index in [4.69, 9.17) is 0 Å². The molecule has 1 aliphatic heterocycles. The molecule has 0 radical (unpaired) electrons. The molecule has 0 aliphatic carbocycles. The van der Waals surface area contributed by atoms with Crippen LogP contribution in [0.15, 0.2) is 12.1 Å². The smallest absolute Gasteiger partial charge is 0.151 e. The zero-order chi connectivity index (χ0) is 14.4. The molecule has 4 nitrogen and oxygen atoms in total. The molecule has 1 unspecified atom stereocenters. The number of nitrogens with one attached hydrogen (secondary N) is 1. The molecular formula is C16H28N4. The molecule has 20 heavy (non-hydrogen) atoms. The van der Waals surface area contributed by atoms with E-state index in [0.717, 1.165) is 43.6 Å². The molecule has 0 bridgehead atoms. The van der Waals surface area contributed by atoms with Gasteiger partial charge in [0.1, 0.15) is 0 Å². The average Bonchev–Trinajstić information content (AvgIpc) is 2.64. The van der Waals surface area contributed by atoms with Crippen LogP contribution in [0.25, 0.3) is 0 Å². The van der Waals surface area contributed by atoms with Crippen molar-refractivity contribution in [3.8, 4) is 0 Å². The van der Waals surface area contributed by atoms with Crippen molar-refractivity contribution in [2.45, 2.75) is 46.6 Å². The molecule has 2 heterocycles. The largest absolute Gasteiger partial charge is 0.355 e. The van der Waals surface area contributed by atoms with Gasteiger partial charge in [0.05, 0.1) is 5.69 Å². The Morgan fingerprint density at radius 2 is 2.10 bits per heavy atom. The SMILES string of the molecule is CC(C)CNCc1ccc(N2CCCC(C)CC2)nn1. The summed E-state index contributed by atoms with van der Waals surface area (Å²) in [6.45, 7) is 10.8. The summed E-state index contributed by atoms with van der Waals surface area (Å²) >= 11 is 0. The van der Waals surface area contributed by atoms with Crippen molar-refractivity contribution in [1.29, 1.82) is 0 Å². The molecule has 1 fully saturated rings. The fraction of sp³-hybridized carbons (Fsp3) is 0.750. The first-order chi connectivity index (χ1) is 9.65. The Bertz CT molecular complexity index is 388. The van der Waals surface area contributed by atoms with Crippen LogP contribution in [0.4, 0.5) is 5.82 Å². The molecule has 0 aromatic carbocycles.